The smallest absolute Gasteiger partial charge is 0.407 e. The maximum Gasteiger partial charge on any atom is 0.407 e. The summed E-state index contributed by atoms with van der Waals surface area (Å²) in [5.74, 6) is 0.496. The van der Waals surface area contributed by atoms with Crippen LogP contribution in [0.1, 0.15) is 18.9 Å². The molecule has 2 N–H and O–H groups in total. The minimum atomic E-state index is -0.334. The van der Waals surface area contributed by atoms with E-state index in [1.54, 1.807) is 0 Å². The molecule has 1 aromatic carbocycles. The van der Waals surface area contributed by atoms with Gasteiger partial charge in [0.25, 0.3) is 0 Å². The van der Waals surface area contributed by atoms with Gasteiger partial charge < -0.3 is 15.4 Å². The van der Waals surface area contributed by atoms with Gasteiger partial charge in [-0.25, -0.2) is 4.79 Å². The van der Waals surface area contributed by atoms with E-state index in [4.69, 9.17) is 4.74 Å². The third-order valence-electron chi connectivity index (χ3n) is 3.34. The van der Waals surface area contributed by atoms with Crippen molar-refractivity contribution in [3.8, 4) is 0 Å². The summed E-state index contributed by atoms with van der Waals surface area (Å²) in [6.07, 6.45) is 0.753. The van der Waals surface area contributed by atoms with Crippen LogP contribution in [0.2, 0.25) is 0 Å². The molecule has 1 aliphatic heterocycles. The lowest BCUT2D eigenvalue weighted by atomic mass is 9.95. The predicted octanol–water partition coefficient (Wildman–Crippen LogP) is 1.91. The van der Waals surface area contributed by atoms with Crippen LogP contribution in [0.5, 0.6) is 0 Å². The fourth-order valence-electron chi connectivity index (χ4n) is 2.10. The second-order valence-corrected chi connectivity index (χ2v) is 4.78. The number of amides is 1. The lowest BCUT2D eigenvalue weighted by Gasteiger charge is -2.29. The summed E-state index contributed by atoms with van der Waals surface area (Å²) in [5, 5.41) is 6.19. The molecule has 98 valence electrons. The lowest BCUT2D eigenvalue weighted by Crippen LogP contribution is -2.50. The molecule has 0 aliphatic carbocycles. The summed E-state index contributed by atoms with van der Waals surface area (Å²) in [6, 6.07) is 9.87. The Morgan fingerprint density at radius 3 is 2.94 bits per heavy atom. The standard InChI is InChI=1S/C14H20N2O2/c1-11-7-8-15-9-13(11)16-14(17)18-10-12-5-3-2-4-6-12/h2-6,11,13,15H,7-10H2,1H3,(H,16,17)/t11-,13+/m0/s1. The van der Waals surface area contributed by atoms with Crippen molar-refractivity contribution in [3.63, 3.8) is 0 Å². The van der Waals surface area contributed by atoms with Crippen molar-refractivity contribution >= 4 is 6.09 Å². The zero-order valence-corrected chi connectivity index (χ0v) is 10.7. The van der Waals surface area contributed by atoms with E-state index >= 15 is 0 Å². The molecule has 0 aromatic heterocycles. The van der Waals surface area contributed by atoms with E-state index in [1.807, 2.05) is 30.3 Å². The van der Waals surface area contributed by atoms with Crippen LogP contribution in [0, 0.1) is 5.92 Å². The van der Waals surface area contributed by atoms with Crippen molar-refractivity contribution in [2.75, 3.05) is 13.1 Å². The van der Waals surface area contributed by atoms with Crippen LogP contribution in [0.4, 0.5) is 4.79 Å². The Balaban J connectivity index is 1.75. The average Bonchev–Trinajstić information content (AvgIpc) is 2.40. The van der Waals surface area contributed by atoms with E-state index in [0.717, 1.165) is 25.1 Å². The Kier molecular flexibility index (Phi) is 4.59. The minimum absolute atomic E-state index is 0.169. The van der Waals surface area contributed by atoms with E-state index in [1.165, 1.54) is 0 Å². The van der Waals surface area contributed by atoms with E-state index < -0.39 is 0 Å². The topological polar surface area (TPSA) is 50.4 Å². The maximum absolute atomic E-state index is 11.7. The second kappa shape index (κ2) is 6.40. The van der Waals surface area contributed by atoms with E-state index in [0.29, 0.717) is 12.5 Å². The third kappa shape index (κ3) is 3.74. The number of hydrogen-bond acceptors (Lipinski definition) is 3. The molecule has 1 saturated heterocycles. The molecular weight excluding hydrogens is 228 g/mol. The molecule has 2 atom stereocenters. The highest BCUT2D eigenvalue weighted by atomic mass is 16.5. The number of rotatable bonds is 3. The van der Waals surface area contributed by atoms with Crippen molar-refractivity contribution in [1.82, 2.24) is 10.6 Å². The molecular formula is C14H20N2O2. The normalized spacial score (nSPS) is 23.4. The molecule has 4 nitrogen and oxygen atoms in total. The molecule has 18 heavy (non-hydrogen) atoms. The fourth-order valence-corrected chi connectivity index (χ4v) is 2.10. The SMILES string of the molecule is C[C@H]1CCNC[C@H]1NC(=O)OCc1ccccc1. The quantitative estimate of drug-likeness (QED) is 0.859. The number of hydrogen-bond donors (Lipinski definition) is 2. The van der Waals surface area contributed by atoms with E-state index in [-0.39, 0.29) is 12.1 Å². The maximum atomic E-state index is 11.7. The molecule has 0 unspecified atom stereocenters. The fraction of sp³-hybridized carbons (Fsp3) is 0.500. The van der Waals surface area contributed by atoms with Crippen LogP contribution in [0.3, 0.4) is 0 Å². The highest BCUT2D eigenvalue weighted by Crippen LogP contribution is 2.11. The first-order valence-corrected chi connectivity index (χ1v) is 6.43. The third-order valence-corrected chi connectivity index (χ3v) is 3.34. The van der Waals surface area contributed by atoms with Crippen LogP contribution in [-0.4, -0.2) is 25.2 Å². The molecule has 0 saturated carbocycles. The number of ether oxygens (including phenoxy) is 1. The molecule has 4 heteroatoms. The number of carbonyl (C=O) groups excluding carboxylic acids is 1. The average molecular weight is 248 g/mol. The Morgan fingerprint density at radius 2 is 2.22 bits per heavy atom. The largest absolute Gasteiger partial charge is 0.445 e. The molecule has 0 bridgehead atoms. The lowest BCUT2D eigenvalue weighted by molar-refractivity contribution is 0.129. The summed E-state index contributed by atoms with van der Waals surface area (Å²) < 4.78 is 5.20. The molecule has 2 rings (SSSR count). The van der Waals surface area contributed by atoms with Crippen LogP contribution in [0.15, 0.2) is 30.3 Å². The molecule has 1 aromatic rings. The van der Waals surface area contributed by atoms with Crippen molar-refractivity contribution in [2.24, 2.45) is 5.92 Å². The highest BCUT2D eigenvalue weighted by Gasteiger charge is 2.22. The Bertz CT molecular complexity index is 381. The minimum Gasteiger partial charge on any atom is -0.445 e. The summed E-state index contributed by atoms with van der Waals surface area (Å²) in [6.45, 7) is 4.32. The van der Waals surface area contributed by atoms with Gasteiger partial charge in [-0.1, -0.05) is 37.3 Å². The first-order valence-electron chi connectivity index (χ1n) is 6.43. The second-order valence-electron chi connectivity index (χ2n) is 4.78. The Morgan fingerprint density at radius 1 is 1.44 bits per heavy atom. The zero-order chi connectivity index (χ0) is 12.8. The summed E-state index contributed by atoms with van der Waals surface area (Å²) in [4.78, 5) is 11.7. The van der Waals surface area contributed by atoms with Crippen molar-refractivity contribution < 1.29 is 9.53 Å². The van der Waals surface area contributed by atoms with Gasteiger partial charge in [0.1, 0.15) is 6.61 Å². The van der Waals surface area contributed by atoms with E-state index in [9.17, 15) is 4.79 Å². The number of benzene rings is 1. The van der Waals surface area contributed by atoms with Crippen molar-refractivity contribution in [1.29, 1.82) is 0 Å². The monoisotopic (exact) mass is 248 g/mol. The summed E-state index contributed by atoms with van der Waals surface area (Å²) >= 11 is 0. The predicted molar refractivity (Wildman–Crippen MR) is 70.2 cm³/mol. The van der Waals surface area contributed by atoms with Crippen molar-refractivity contribution in [2.45, 2.75) is 26.0 Å². The van der Waals surface area contributed by atoms with Gasteiger partial charge in [0.05, 0.1) is 0 Å². The first kappa shape index (κ1) is 12.9. The number of carbonyl (C=O) groups is 1. The summed E-state index contributed by atoms with van der Waals surface area (Å²) in [7, 11) is 0. The van der Waals surface area contributed by atoms with Crippen molar-refractivity contribution in [3.05, 3.63) is 35.9 Å². The zero-order valence-electron chi connectivity index (χ0n) is 10.7. The number of piperidine rings is 1. The van der Waals surface area contributed by atoms with Crippen LogP contribution in [0.25, 0.3) is 0 Å². The molecule has 1 heterocycles. The first-order chi connectivity index (χ1) is 8.75. The van der Waals surface area contributed by atoms with Crippen LogP contribution in [-0.2, 0) is 11.3 Å². The molecule has 1 aliphatic rings. The van der Waals surface area contributed by atoms with Gasteiger partial charge in [0.2, 0.25) is 0 Å². The van der Waals surface area contributed by atoms with Crippen LogP contribution >= 0.6 is 0 Å². The van der Waals surface area contributed by atoms with Crippen LogP contribution < -0.4 is 10.6 Å². The Hall–Kier alpha value is -1.55. The van der Waals surface area contributed by atoms with Gasteiger partial charge in [-0.05, 0) is 24.4 Å². The number of alkyl carbamates (subject to hydrolysis) is 1. The Labute approximate surface area is 108 Å². The molecule has 1 fully saturated rings. The van der Waals surface area contributed by atoms with E-state index in [2.05, 4.69) is 17.6 Å². The molecule has 0 spiro atoms. The molecule has 1 amide bonds. The number of nitrogens with one attached hydrogen (secondary N) is 2. The van der Waals surface area contributed by atoms with Gasteiger partial charge in [0, 0.05) is 12.6 Å². The summed E-state index contributed by atoms with van der Waals surface area (Å²) in [5.41, 5.74) is 1.00. The highest BCUT2D eigenvalue weighted by molar-refractivity contribution is 5.67. The van der Waals surface area contributed by atoms with Gasteiger partial charge >= 0.3 is 6.09 Å². The molecule has 0 radical (unpaired) electrons. The van der Waals surface area contributed by atoms with Gasteiger partial charge in [0.15, 0.2) is 0 Å². The van der Waals surface area contributed by atoms with Gasteiger partial charge in [-0.2, -0.15) is 0 Å². The van der Waals surface area contributed by atoms with Gasteiger partial charge in [-0.3, -0.25) is 0 Å². The van der Waals surface area contributed by atoms with Gasteiger partial charge in [-0.15, -0.1) is 0 Å².